The fraction of sp³-hybridized carbons (Fsp3) is 0.286. The first-order valence-corrected chi connectivity index (χ1v) is 6.72. The molecule has 22 heavy (non-hydrogen) atoms. The van der Waals surface area contributed by atoms with Crippen LogP contribution < -0.4 is 16.5 Å². The van der Waals surface area contributed by atoms with E-state index in [1.165, 1.54) is 0 Å². The van der Waals surface area contributed by atoms with E-state index in [0.29, 0.717) is 16.4 Å². The van der Waals surface area contributed by atoms with Crippen molar-refractivity contribution in [3.8, 4) is 6.07 Å². The minimum absolute atomic E-state index is 0.156. The molecule has 1 amide bonds. The Kier molecular flexibility index (Phi) is 5.49. The van der Waals surface area contributed by atoms with E-state index in [0.717, 1.165) is 0 Å². The van der Waals surface area contributed by atoms with Crippen molar-refractivity contribution in [2.24, 2.45) is 16.3 Å². The van der Waals surface area contributed by atoms with E-state index in [9.17, 15) is 4.79 Å². The molecular formula is C14H17ClN6O. The summed E-state index contributed by atoms with van der Waals surface area (Å²) in [6.07, 6.45) is 0. The summed E-state index contributed by atoms with van der Waals surface area (Å²) in [5.41, 5.74) is 7.95. The second-order valence-corrected chi connectivity index (χ2v) is 5.90. The van der Waals surface area contributed by atoms with Crippen LogP contribution >= 0.6 is 11.6 Å². The fourth-order valence-electron chi connectivity index (χ4n) is 1.26. The van der Waals surface area contributed by atoms with E-state index in [4.69, 9.17) is 28.0 Å². The lowest BCUT2D eigenvalue weighted by Crippen LogP contribution is -2.27. The zero-order valence-electron chi connectivity index (χ0n) is 12.5. The van der Waals surface area contributed by atoms with Gasteiger partial charge in [-0.2, -0.15) is 10.4 Å². The highest BCUT2D eigenvalue weighted by Crippen LogP contribution is 2.27. The third-order valence-electron chi connectivity index (χ3n) is 2.56. The first kappa shape index (κ1) is 17.5. The second kappa shape index (κ2) is 6.91. The van der Waals surface area contributed by atoms with Crippen LogP contribution in [0.2, 0.25) is 5.02 Å². The highest BCUT2D eigenvalue weighted by atomic mass is 35.5. The van der Waals surface area contributed by atoms with E-state index >= 15 is 0 Å². The summed E-state index contributed by atoms with van der Waals surface area (Å²) in [5.74, 6) is -0.591. The third-order valence-corrected chi connectivity index (χ3v) is 2.87. The lowest BCUT2D eigenvalue weighted by Gasteiger charge is -2.18. The Morgan fingerprint density at radius 1 is 1.45 bits per heavy atom. The Bertz CT molecular complexity index is 669. The largest absolute Gasteiger partial charge is 0.382 e. The molecule has 0 unspecified atom stereocenters. The molecule has 0 fully saturated rings. The van der Waals surface area contributed by atoms with Gasteiger partial charge in [0.15, 0.2) is 5.84 Å². The van der Waals surface area contributed by atoms with E-state index in [-0.39, 0.29) is 11.6 Å². The number of hydrogen-bond donors (Lipinski definition) is 4. The van der Waals surface area contributed by atoms with Gasteiger partial charge in [-0.05, 0) is 18.2 Å². The number of hydrazone groups is 1. The average molecular weight is 321 g/mol. The molecule has 0 aliphatic carbocycles. The molecule has 0 bridgehead atoms. The van der Waals surface area contributed by atoms with Crippen LogP contribution in [0.3, 0.4) is 0 Å². The van der Waals surface area contributed by atoms with Crippen molar-refractivity contribution in [2.75, 3.05) is 10.7 Å². The molecule has 0 saturated carbocycles. The summed E-state index contributed by atoms with van der Waals surface area (Å²) in [4.78, 5) is 11.9. The van der Waals surface area contributed by atoms with Gasteiger partial charge in [0.05, 0.1) is 16.4 Å². The molecule has 1 aromatic rings. The zero-order chi connectivity index (χ0) is 16.9. The summed E-state index contributed by atoms with van der Waals surface area (Å²) in [6, 6.07) is 6.47. The zero-order valence-corrected chi connectivity index (χ0v) is 13.2. The molecule has 0 aliphatic rings. The predicted octanol–water partition coefficient (Wildman–Crippen LogP) is 2.55. The number of benzene rings is 1. The van der Waals surface area contributed by atoms with Crippen molar-refractivity contribution in [3.05, 3.63) is 23.2 Å². The molecule has 0 heterocycles. The molecule has 7 nitrogen and oxygen atoms in total. The number of nitrogens with two attached hydrogens (primary N) is 1. The summed E-state index contributed by atoms with van der Waals surface area (Å²) >= 11 is 6.10. The number of rotatable bonds is 4. The maximum absolute atomic E-state index is 11.9. The Hall–Kier alpha value is -2.59. The number of anilines is 2. The maximum Gasteiger partial charge on any atom is 0.229 e. The summed E-state index contributed by atoms with van der Waals surface area (Å²) < 4.78 is 0. The van der Waals surface area contributed by atoms with E-state index in [1.807, 2.05) is 0 Å². The van der Waals surface area contributed by atoms with Gasteiger partial charge in [0.1, 0.15) is 6.07 Å². The minimum atomic E-state index is -0.534. The fourth-order valence-corrected chi connectivity index (χ4v) is 1.49. The smallest absolute Gasteiger partial charge is 0.229 e. The van der Waals surface area contributed by atoms with Crippen LogP contribution in [0.15, 0.2) is 23.3 Å². The normalized spacial score (nSPS) is 11.5. The van der Waals surface area contributed by atoms with Crippen LogP contribution in [0.25, 0.3) is 0 Å². The molecule has 0 aliphatic heterocycles. The van der Waals surface area contributed by atoms with Gasteiger partial charge in [-0.15, -0.1) is 0 Å². The quantitative estimate of drug-likeness (QED) is 0.386. The van der Waals surface area contributed by atoms with Gasteiger partial charge in [0, 0.05) is 5.41 Å². The Morgan fingerprint density at radius 2 is 2.09 bits per heavy atom. The van der Waals surface area contributed by atoms with Crippen LogP contribution in [0, 0.1) is 22.2 Å². The number of halogens is 1. The van der Waals surface area contributed by atoms with Gasteiger partial charge >= 0.3 is 0 Å². The Morgan fingerprint density at radius 3 is 2.55 bits per heavy atom. The Balaban J connectivity index is 2.89. The Labute approximate surface area is 133 Å². The van der Waals surface area contributed by atoms with Crippen molar-refractivity contribution in [3.63, 3.8) is 0 Å². The van der Waals surface area contributed by atoms with E-state index in [2.05, 4.69) is 15.8 Å². The molecule has 116 valence electrons. The molecule has 0 spiro atoms. The molecule has 1 rings (SSSR count). The molecule has 0 aromatic heterocycles. The molecule has 5 N–H and O–H groups in total. The van der Waals surface area contributed by atoms with Crippen molar-refractivity contribution in [2.45, 2.75) is 20.8 Å². The van der Waals surface area contributed by atoms with E-state index < -0.39 is 11.3 Å². The molecule has 1 aromatic carbocycles. The number of amides is 1. The van der Waals surface area contributed by atoms with Crippen LogP contribution in [0.4, 0.5) is 11.4 Å². The van der Waals surface area contributed by atoms with Gasteiger partial charge in [-0.1, -0.05) is 32.4 Å². The number of nitrogens with one attached hydrogen (secondary N) is 3. The number of carbonyl (C=O) groups is 1. The van der Waals surface area contributed by atoms with Crippen LogP contribution in [0.1, 0.15) is 20.8 Å². The van der Waals surface area contributed by atoms with Crippen LogP contribution in [0.5, 0.6) is 0 Å². The molecule has 0 saturated heterocycles. The molecule has 8 heteroatoms. The highest BCUT2D eigenvalue weighted by molar-refractivity contribution is 6.45. The van der Waals surface area contributed by atoms with E-state index in [1.54, 1.807) is 45.0 Å². The number of amidine groups is 1. The summed E-state index contributed by atoms with van der Waals surface area (Å²) in [5, 5.41) is 22.6. The monoisotopic (exact) mass is 320 g/mol. The standard InChI is InChI=1S/C14H17ClN6O/c1-14(2,3)13(22)19-10-5-4-8(6-9(10)15)20-21-11(7-16)12(17)18/h4-6,20H,1-3H3,(H3,17,18)(H,19,22)/b21-11+. The van der Waals surface area contributed by atoms with Gasteiger partial charge in [-0.3, -0.25) is 15.6 Å². The SMILES string of the molecule is CC(C)(C)C(=O)Nc1ccc(N/N=C(\C#N)C(=N)N)cc1Cl. The van der Waals surface area contributed by atoms with Crippen LogP contribution in [-0.2, 0) is 4.79 Å². The number of hydrogen-bond acceptors (Lipinski definition) is 5. The number of nitrogens with zero attached hydrogens (tertiary/aromatic N) is 2. The van der Waals surface area contributed by atoms with Gasteiger partial charge < -0.3 is 11.1 Å². The first-order valence-electron chi connectivity index (χ1n) is 6.34. The highest BCUT2D eigenvalue weighted by Gasteiger charge is 2.21. The molecular weight excluding hydrogens is 304 g/mol. The topological polar surface area (TPSA) is 127 Å². The number of nitriles is 1. The van der Waals surface area contributed by atoms with Crippen molar-refractivity contribution < 1.29 is 4.79 Å². The van der Waals surface area contributed by atoms with Crippen molar-refractivity contribution in [1.29, 1.82) is 10.7 Å². The van der Waals surface area contributed by atoms with Crippen molar-refractivity contribution in [1.82, 2.24) is 0 Å². The van der Waals surface area contributed by atoms with Crippen molar-refractivity contribution >= 4 is 40.4 Å². The molecule has 0 radical (unpaired) electrons. The van der Waals surface area contributed by atoms with Gasteiger partial charge in [0.2, 0.25) is 11.6 Å². The van der Waals surface area contributed by atoms with Crippen LogP contribution in [-0.4, -0.2) is 17.5 Å². The average Bonchev–Trinajstić information content (AvgIpc) is 2.40. The molecule has 0 atom stereocenters. The second-order valence-electron chi connectivity index (χ2n) is 5.50. The summed E-state index contributed by atoms with van der Waals surface area (Å²) in [6.45, 7) is 5.39. The lowest BCUT2D eigenvalue weighted by atomic mass is 9.95. The number of carbonyl (C=O) groups excluding carboxylic acids is 1. The third kappa shape index (κ3) is 4.75. The predicted molar refractivity (Wildman–Crippen MR) is 88.1 cm³/mol. The van der Waals surface area contributed by atoms with Gasteiger partial charge in [0.25, 0.3) is 0 Å². The van der Waals surface area contributed by atoms with Gasteiger partial charge in [-0.25, -0.2) is 0 Å². The minimum Gasteiger partial charge on any atom is -0.382 e. The maximum atomic E-state index is 11.9. The lowest BCUT2D eigenvalue weighted by molar-refractivity contribution is -0.123. The first-order chi connectivity index (χ1) is 10.1. The summed E-state index contributed by atoms with van der Waals surface area (Å²) in [7, 11) is 0.